The summed E-state index contributed by atoms with van der Waals surface area (Å²) < 4.78 is 5.31. The Morgan fingerprint density at radius 1 is 1.29 bits per heavy atom. The van der Waals surface area contributed by atoms with Gasteiger partial charge in [-0.3, -0.25) is 9.59 Å². The molecule has 8 heteroatoms. The van der Waals surface area contributed by atoms with Gasteiger partial charge in [-0.1, -0.05) is 5.16 Å². The van der Waals surface area contributed by atoms with Crippen molar-refractivity contribution in [1.82, 2.24) is 4.90 Å². The average molecular weight is 294 g/mol. The van der Waals surface area contributed by atoms with Crippen molar-refractivity contribution in [3.05, 3.63) is 29.8 Å². The number of primary amides is 1. The Hall–Kier alpha value is -2.77. The zero-order valence-electron chi connectivity index (χ0n) is 11.7. The molecule has 1 rings (SSSR count). The van der Waals surface area contributed by atoms with E-state index < -0.39 is 5.91 Å². The summed E-state index contributed by atoms with van der Waals surface area (Å²) >= 11 is 0. The third-order valence-electron chi connectivity index (χ3n) is 2.70. The molecule has 0 aliphatic carbocycles. The molecule has 5 N–H and O–H groups in total. The number of amidine groups is 1. The third kappa shape index (κ3) is 5.01. The first-order valence-electron chi connectivity index (χ1n) is 6.24. The lowest BCUT2D eigenvalue weighted by Crippen LogP contribution is -2.40. The molecule has 114 valence electrons. The van der Waals surface area contributed by atoms with E-state index in [4.69, 9.17) is 21.4 Å². The van der Waals surface area contributed by atoms with Crippen molar-refractivity contribution in [2.24, 2.45) is 16.6 Å². The Kier molecular flexibility index (Phi) is 5.99. The summed E-state index contributed by atoms with van der Waals surface area (Å²) in [5.41, 5.74) is 11.0. The number of carbonyl (C=O) groups excluding carboxylic acids is 2. The van der Waals surface area contributed by atoms with Crippen LogP contribution in [0, 0.1) is 0 Å². The number of hydrogen-bond acceptors (Lipinski definition) is 5. The normalized spacial score (nSPS) is 11.0. The molecule has 0 atom stereocenters. The highest BCUT2D eigenvalue weighted by Gasteiger charge is 2.14. The molecule has 0 aliphatic rings. The monoisotopic (exact) mass is 294 g/mol. The lowest BCUT2D eigenvalue weighted by molar-refractivity contribution is -0.136. The maximum absolute atomic E-state index is 11.8. The van der Waals surface area contributed by atoms with Crippen LogP contribution in [0.5, 0.6) is 5.75 Å². The zero-order chi connectivity index (χ0) is 15.8. The lowest BCUT2D eigenvalue weighted by atomic mass is 10.2. The van der Waals surface area contributed by atoms with Crippen LogP contribution in [-0.2, 0) is 9.59 Å². The first-order valence-corrected chi connectivity index (χ1v) is 6.24. The fourth-order valence-electron chi connectivity index (χ4n) is 1.58. The fourth-order valence-corrected chi connectivity index (χ4v) is 1.58. The predicted molar refractivity (Wildman–Crippen MR) is 75.9 cm³/mol. The van der Waals surface area contributed by atoms with Gasteiger partial charge in [-0.15, -0.1) is 0 Å². The van der Waals surface area contributed by atoms with Gasteiger partial charge in [-0.05, 0) is 31.2 Å². The van der Waals surface area contributed by atoms with Crippen molar-refractivity contribution < 1.29 is 19.5 Å². The molecule has 0 spiro atoms. The fraction of sp³-hybridized carbons (Fsp3) is 0.308. The van der Waals surface area contributed by atoms with E-state index in [1.807, 2.05) is 0 Å². The Labute approximate surface area is 122 Å². The smallest absolute Gasteiger partial charge is 0.260 e. The van der Waals surface area contributed by atoms with E-state index in [9.17, 15) is 9.59 Å². The maximum Gasteiger partial charge on any atom is 0.260 e. The van der Waals surface area contributed by atoms with Crippen molar-refractivity contribution in [2.45, 2.75) is 6.92 Å². The molecule has 0 aromatic heterocycles. The number of rotatable bonds is 7. The molecule has 0 radical (unpaired) electrons. The van der Waals surface area contributed by atoms with Crippen molar-refractivity contribution >= 4 is 17.6 Å². The van der Waals surface area contributed by atoms with Gasteiger partial charge < -0.3 is 26.3 Å². The van der Waals surface area contributed by atoms with Crippen LogP contribution >= 0.6 is 0 Å². The Morgan fingerprint density at radius 3 is 2.38 bits per heavy atom. The van der Waals surface area contributed by atoms with E-state index in [0.717, 1.165) is 0 Å². The Morgan fingerprint density at radius 2 is 1.90 bits per heavy atom. The van der Waals surface area contributed by atoms with Crippen LogP contribution in [0.3, 0.4) is 0 Å². The molecule has 1 aromatic carbocycles. The van der Waals surface area contributed by atoms with Gasteiger partial charge in [0.15, 0.2) is 12.4 Å². The van der Waals surface area contributed by atoms with E-state index >= 15 is 0 Å². The molecule has 2 amide bonds. The number of amides is 2. The van der Waals surface area contributed by atoms with Crippen molar-refractivity contribution in [1.29, 1.82) is 0 Å². The van der Waals surface area contributed by atoms with Gasteiger partial charge in [0.1, 0.15) is 5.75 Å². The minimum Gasteiger partial charge on any atom is -0.484 e. The van der Waals surface area contributed by atoms with Crippen LogP contribution in [0.15, 0.2) is 29.4 Å². The molecule has 0 unspecified atom stereocenters. The van der Waals surface area contributed by atoms with Crippen LogP contribution in [0.25, 0.3) is 0 Å². The summed E-state index contributed by atoms with van der Waals surface area (Å²) in [7, 11) is 0. The van der Waals surface area contributed by atoms with Gasteiger partial charge in [0.05, 0.1) is 6.54 Å². The second kappa shape index (κ2) is 7.73. The molecular formula is C13H18N4O4. The van der Waals surface area contributed by atoms with E-state index in [-0.39, 0.29) is 24.9 Å². The van der Waals surface area contributed by atoms with Crippen molar-refractivity contribution in [3.8, 4) is 5.75 Å². The molecule has 0 bridgehead atoms. The minimum atomic E-state index is -0.576. The van der Waals surface area contributed by atoms with Gasteiger partial charge in [0.25, 0.3) is 5.91 Å². The van der Waals surface area contributed by atoms with E-state index in [1.165, 1.54) is 4.90 Å². The second-order valence-corrected chi connectivity index (χ2v) is 4.17. The topological polar surface area (TPSA) is 131 Å². The number of nitrogens with zero attached hydrogens (tertiary/aromatic N) is 2. The number of carbonyl (C=O) groups is 2. The van der Waals surface area contributed by atoms with Crippen LogP contribution in [-0.4, -0.2) is 47.5 Å². The van der Waals surface area contributed by atoms with Crippen LogP contribution < -0.4 is 16.2 Å². The summed E-state index contributed by atoms with van der Waals surface area (Å²) in [4.78, 5) is 23.9. The Balaban J connectivity index is 2.58. The summed E-state index contributed by atoms with van der Waals surface area (Å²) in [6.45, 7) is 1.77. The van der Waals surface area contributed by atoms with Gasteiger partial charge in [-0.2, -0.15) is 0 Å². The second-order valence-electron chi connectivity index (χ2n) is 4.17. The van der Waals surface area contributed by atoms with E-state index in [0.29, 0.717) is 17.9 Å². The Bertz CT molecular complexity index is 527. The number of benzene rings is 1. The highest BCUT2D eigenvalue weighted by molar-refractivity contribution is 5.97. The molecule has 0 saturated carbocycles. The number of likely N-dealkylation sites (N-methyl/N-ethyl adjacent to an activating group) is 1. The molecule has 0 fully saturated rings. The van der Waals surface area contributed by atoms with E-state index in [1.54, 1.807) is 31.2 Å². The quantitative estimate of drug-likeness (QED) is 0.270. The highest BCUT2D eigenvalue weighted by Crippen LogP contribution is 2.12. The molecule has 8 nitrogen and oxygen atoms in total. The molecular weight excluding hydrogens is 276 g/mol. The zero-order valence-corrected chi connectivity index (χ0v) is 11.7. The predicted octanol–water partition coefficient (Wildman–Crippen LogP) is -0.506. The molecule has 0 heterocycles. The summed E-state index contributed by atoms with van der Waals surface area (Å²) in [6, 6.07) is 6.36. The maximum atomic E-state index is 11.8. The molecule has 1 aromatic rings. The minimum absolute atomic E-state index is 0.0174. The van der Waals surface area contributed by atoms with Gasteiger partial charge in [-0.25, -0.2) is 0 Å². The summed E-state index contributed by atoms with van der Waals surface area (Å²) in [5.74, 6) is -0.477. The number of hydrogen-bond donors (Lipinski definition) is 3. The van der Waals surface area contributed by atoms with Gasteiger partial charge >= 0.3 is 0 Å². The van der Waals surface area contributed by atoms with Crippen LogP contribution in [0.1, 0.15) is 12.5 Å². The van der Waals surface area contributed by atoms with Crippen molar-refractivity contribution in [3.63, 3.8) is 0 Å². The number of ether oxygens (including phenoxy) is 1. The first kappa shape index (κ1) is 16.3. The third-order valence-corrected chi connectivity index (χ3v) is 2.70. The van der Waals surface area contributed by atoms with Crippen LogP contribution in [0.4, 0.5) is 0 Å². The number of oxime groups is 1. The molecule has 21 heavy (non-hydrogen) atoms. The first-order chi connectivity index (χ1) is 9.97. The average Bonchev–Trinajstić information content (AvgIpc) is 2.49. The molecule has 0 saturated heterocycles. The lowest BCUT2D eigenvalue weighted by Gasteiger charge is -2.19. The standard InChI is InChI=1S/C13H18N4O4/c1-2-17(7-11(14)18)12(19)8-21-10-5-3-9(4-6-10)13(15)16-20/h3-6,20H,2,7-8H2,1H3,(H2,14,18)(H2,15,16). The molecule has 0 aliphatic heterocycles. The van der Waals surface area contributed by atoms with Gasteiger partial charge in [0, 0.05) is 12.1 Å². The number of nitrogens with two attached hydrogens (primary N) is 2. The SMILES string of the molecule is CCN(CC(N)=O)C(=O)COc1ccc(/C(N)=N/O)cc1. The van der Waals surface area contributed by atoms with Crippen molar-refractivity contribution in [2.75, 3.05) is 19.7 Å². The van der Waals surface area contributed by atoms with Gasteiger partial charge in [0.2, 0.25) is 5.91 Å². The highest BCUT2D eigenvalue weighted by atomic mass is 16.5. The van der Waals surface area contributed by atoms with E-state index in [2.05, 4.69) is 5.16 Å². The largest absolute Gasteiger partial charge is 0.484 e. The van der Waals surface area contributed by atoms with Crippen LogP contribution in [0.2, 0.25) is 0 Å². The summed E-state index contributed by atoms with van der Waals surface area (Å²) in [6.07, 6.45) is 0. The summed E-state index contributed by atoms with van der Waals surface area (Å²) in [5, 5.41) is 11.4.